The lowest BCUT2D eigenvalue weighted by molar-refractivity contribution is 0.300. The van der Waals surface area contributed by atoms with Crippen LogP contribution >= 0.6 is 11.3 Å². The van der Waals surface area contributed by atoms with Gasteiger partial charge in [-0.05, 0) is 39.6 Å². The van der Waals surface area contributed by atoms with Gasteiger partial charge in [-0.15, -0.1) is 11.3 Å². The molecular weight excluding hydrogens is 312 g/mol. The Bertz CT molecular complexity index is 1220. The van der Waals surface area contributed by atoms with Crippen molar-refractivity contribution in [2.24, 2.45) is 0 Å². The van der Waals surface area contributed by atoms with E-state index in [-0.39, 0.29) is 6.61 Å². The fourth-order valence-electron chi connectivity index (χ4n) is 3.77. The third-order valence-electron chi connectivity index (χ3n) is 4.84. The fourth-order valence-corrected chi connectivity index (χ4v) is 5.09. The molecule has 0 aliphatic rings. The summed E-state index contributed by atoms with van der Waals surface area (Å²) in [4.78, 5) is 0. The van der Waals surface area contributed by atoms with Crippen LogP contribution in [0.5, 0.6) is 0 Å². The van der Waals surface area contributed by atoms with E-state index in [2.05, 4.69) is 66.7 Å². The van der Waals surface area contributed by atoms with Crippen LogP contribution in [0.4, 0.5) is 0 Å². The van der Waals surface area contributed by atoms with Gasteiger partial charge in [-0.25, -0.2) is 0 Å². The van der Waals surface area contributed by atoms with Gasteiger partial charge >= 0.3 is 0 Å². The van der Waals surface area contributed by atoms with E-state index in [0.29, 0.717) is 6.42 Å². The van der Waals surface area contributed by atoms with Crippen LogP contribution in [0.2, 0.25) is 0 Å². The Morgan fingerprint density at radius 1 is 0.750 bits per heavy atom. The van der Waals surface area contributed by atoms with Crippen molar-refractivity contribution in [3.8, 4) is 0 Å². The number of fused-ring (bicyclic) bond motifs is 7. The van der Waals surface area contributed by atoms with Crippen molar-refractivity contribution in [2.75, 3.05) is 6.61 Å². The van der Waals surface area contributed by atoms with Crippen molar-refractivity contribution in [3.63, 3.8) is 0 Å². The molecule has 1 heterocycles. The van der Waals surface area contributed by atoms with Crippen LogP contribution in [0.3, 0.4) is 0 Å². The molecule has 4 aromatic carbocycles. The van der Waals surface area contributed by atoms with Gasteiger partial charge in [0, 0.05) is 26.8 Å². The van der Waals surface area contributed by atoms with E-state index in [0.717, 1.165) is 0 Å². The lowest BCUT2D eigenvalue weighted by Gasteiger charge is -2.07. The minimum atomic E-state index is 0.184. The lowest BCUT2D eigenvalue weighted by atomic mass is 9.97. The number of hydrogen-bond acceptors (Lipinski definition) is 2. The number of benzene rings is 4. The maximum absolute atomic E-state index is 9.44. The number of thiophene rings is 1. The minimum absolute atomic E-state index is 0.184. The molecule has 0 unspecified atom stereocenters. The molecule has 0 aliphatic heterocycles. The van der Waals surface area contributed by atoms with Crippen molar-refractivity contribution in [1.29, 1.82) is 0 Å². The van der Waals surface area contributed by atoms with Gasteiger partial charge in [0.05, 0.1) is 0 Å². The first-order chi connectivity index (χ1) is 11.9. The average molecular weight is 328 g/mol. The van der Waals surface area contributed by atoms with Crippen molar-refractivity contribution < 1.29 is 5.11 Å². The van der Waals surface area contributed by atoms with Crippen LogP contribution in [0.25, 0.3) is 41.7 Å². The van der Waals surface area contributed by atoms with Gasteiger partial charge in [-0.1, -0.05) is 60.7 Å². The normalized spacial score (nSPS) is 11.9. The molecule has 0 amide bonds. The number of rotatable bonds is 2. The molecule has 0 atom stereocenters. The maximum atomic E-state index is 9.44. The Labute approximate surface area is 143 Å². The van der Waals surface area contributed by atoms with Crippen LogP contribution in [-0.4, -0.2) is 11.7 Å². The second-order valence-electron chi connectivity index (χ2n) is 6.19. The van der Waals surface area contributed by atoms with E-state index < -0.39 is 0 Å². The van der Waals surface area contributed by atoms with E-state index in [4.69, 9.17) is 0 Å². The zero-order valence-corrected chi connectivity index (χ0v) is 13.9. The molecule has 5 aromatic rings. The molecule has 0 bridgehead atoms. The summed E-state index contributed by atoms with van der Waals surface area (Å²) in [6.07, 6.45) is 0.700. The van der Waals surface area contributed by atoms with Gasteiger partial charge < -0.3 is 5.11 Å². The summed E-state index contributed by atoms with van der Waals surface area (Å²) in [5.74, 6) is 0. The highest BCUT2D eigenvalue weighted by Crippen LogP contribution is 2.42. The number of aliphatic hydroxyl groups is 1. The van der Waals surface area contributed by atoms with Crippen molar-refractivity contribution in [2.45, 2.75) is 6.42 Å². The molecule has 1 nitrogen and oxygen atoms in total. The molecule has 5 rings (SSSR count). The van der Waals surface area contributed by atoms with Gasteiger partial charge in [0.25, 0.3) is 0 Å². The van der Waals surface area contributed by atoms with Gasteiger partial charge in [0.2, 0.25) is 0 Å². The molecule has 0 spiro atoms. The SMILES string of the molecule is OCCc1cc2sc3c4ccccc4ccc3c2c2ccccc12. The second-order valence-corrected chi connectivity index (χ2v) is 7.25. The molecule has 0 fully saturated rings. The summed E-state index contributed by atoms with van der Waals surface area (Å²) in [6.45, 7) is 0.184. The topological polar surface area (TPSA) is 20.2 Å². The van der Waals surface area contributed by atoms with Crippen LogP contribution < -0.4 is 0 Å². The summed E-state index contributed by atoms with van der Waals surface area (Å²) < 4.78 is 2.66. The van der Waals surface area contributed by atoms with Gasteiger partial charge in [-0.3, -0.25) is 0 Å². The number of hydrogen-bond donors (Lipinski definition) is 1. The van der Waals surface area contributed by atoms with Crippen LogP contribution in [0.1, 0.15) is 5.56 Å². The molecule has 0 saturated heterocycles. The molecule has 0 saturated carbocycles. The Morgan fingerprint density at radius 2 is 1.50 bits per heavy atom. The highest BCUT2D eigenvalue weighted by molar-refractivity contribution is 7.26. The molecule has 0 aliphatic carbocycles. The smallest absolute Gasteiger partial charge is 0.0471 e. The van der Waals surface area contributed by atoms with Crippen molar-refractivity contribution in [3.05, 3.63) is 72.3 Å². The van der Waals surface area contributed by atoms with Crippen LogP contribution in [-0.2, 0) is 6.42 Å². The number of aliphatic hydroxyl groups excluding tert-OH is 1. The van der Waals surface area contributed by atoms with E-state index in [9.17, 15) is 5.11 Å². The predicted molar refractivity (Wildman–Crippen MR) is 105 cm³/mol. The van der Waals surface area contributed by atoms with Gasteiger partial charge in [0.1, 0.15) is 0 Å². The summed E-state index contributed by atoms with van der Waals surface area (Å²) >= 11 is 1.86. The van der Waals surface area contributed by atoms with Crippen LogP contribution in [0, 0.1) is 0 Å². The fraction of sp³-hybridized carbons (Fsp3) is 0.0909. The molecule has 24 heavy (non-hydrogen) atoms. The first kappa shape index (κ1) is 14.0. The van der Waals surface area contributed by atoms with Crippen LogP contribution in [0.15, 0.2) is 66.7 Å². The Balaban J connectivity index is 2.02. The first-order valence-corrected chi connectivity index (χ1v) is 9.04. The molecule has 1 aromatic heterocycles. The maximum Gasteiger partial charge on any atom is 0.0471 e. The Morgan fingerprint density at radius 3 is 2.33 bits per heavy atom. The van der Waals surface area contributed by atoms with E-state index in [1.54, 1.807) is 0 Å². The quantitative estimate of drug-likeness (QED) is 0.428. The minimum Gasteiger partial charge on any atom is -0.396 e. The van der Waals surface area contributed by atoms with E-state index in [1.165, 1.54) is 47.3 Å². The third-order valence-corrected chi connectivity index (χ3v) is 6.02. The first-order valence-electron chi connectivity index (χ1n) is 8.22. The zero-order chi connectivity index (χ0) is 16.1. The summed E-state index contributed by atoms with van der Waals surface area (Å²) in [5, 5.41) is 17.3. The largest absolute Gasteiger partial charge is 0.396 e. The molecular formula is C22H16OS. The monoisotopic (exact) mass is 328 g/mol. The highest BCUT2D eigenvalue weighted by atomic mass is 32.1. The zero-order valence-electron chi connectivity index (χ0n) is 13.1. The second kappa shape index (κ2) is 5.30. The third kappa shape index (κ3) is 1.90. The van der Waals surface area contributed by atoms with E-state index >= 15 is 0 Å². The van der Waals surface area contributed by atoms with E-state index in [1.807, 2.05) is 11.3 Å². The Kier molecular flexibility index (Phi) is 3.09. The summed E-state index contributed by atoms with van der Waals surface area (Å²) in [7, 11) is 0. The molecule has 2 heteroatoms. The molecule has 116 valence electrons. The van der Waals surface area contributed by atoms with Gasteiger partial charge in [0.15, 0.2) is 0 Å². The molecule has 1 N–H and O–H groups in total. The van der Waals surface area contributed by atoms with Gasteiger partial charge in [-0.2, -0.15) is 0 Å². The Hall–Kier alpha value is -2.42. The highest BCUT2D eigenvalue weighted by Gasteiger charge is 2.13. The standard InChI is InChI=1S/C22H16OS/c23-12-11-15-13-20-21(18-8-4-3-6-16(15)18)19-10-9-14-5-1-2-7-17(14)22(19)24-20/h1-10,13,23H,11-12H2. The van der Waals surface area contributed by atoms with Crippen molar-refractivity contribution in [1.82, 2.24) is 0 Å². The predicted octanol–water partition coefficient (Wildman–Crippen LogP) is 5.90. The van der Waals surface area contributed by atoms with Crippen molar-refractivity contribution >= 4 is 53.1 Å². The molecule has 0 radical (unpaired) electrons. The lowest BCUT2D eigenvalue weighted by Crippen LogP contribution is -1.92. The average Bonchev–Trinajstić information content (AvgIpc) is 3.01. The summed E-state index contributed by atoms with van der Waals surface area (Å²) in [6, 6.07) is 23.9. The summed E-state index contributed by atoms with van der Waals surface area (Å²) in [5.41, 5.74) is 1.23.